The Hall–Kier alpha value is -1.35. The molecular weight excluding hydrogens is 188 g/mol. The lowest BCUT2D eigenvalue weighted by atomic mass is 10.2. The minimum Gasteiger partial charge on any atom is -0.396 e. The van der Waals surface area contributed by atoms with Crippen LogP contribution in [-0.2, 0) is 6.42 Å². The fraction of sp³-hybridized carbons (Fsp3) is 0.417. The number of aliphatic hydroxyl groups excluding tert-OH is 1. The highest BCUT2D eigenvalue weighted by Crippen LogP contribution is 2.08. The van der Waals surface area contributed by atoms with Gasteiger partial charge in [0.15, 0.2) is 0 Å². The van der Waals surface area contributed by atoms with Gasteiger partial charge < -0.3 is 9.51 Å². The van der Waals surface area contributed by atoms with E-state index < -0.39 is 0 Å². The second-order valence-corrected chi connectivity index (χ2v) is 3.73. The Morgan fingerprint density at radius 1 is 1.20 bits per heavy atom. The zero-order valence-electron chi connectivity index (χ0n) is 8.76. The Labute approximate surface area is 89.4 Å². The summed E-state index contributed by atoms with van der Waals surface area (Å²) in [6.07, 6.45) is 8.16. The molecule has 0 unspecified atom stereocenters. The van der Waals surface area contributed by atoms with Crippen LogP contribution in [-0.4, -0.2) is 21.1 Å². The maximum atomic E-state index is 8.66. The zero-order valence-corrected chi connectivity index (χ0v) is 8.76. The number of imidazole rings is 1. The first-order valence-electron chi connectivity index (χ1n) is 5.43. The molecular formula is C12H16N2O. The van der Waals surface area contributed by atoms with E-state index in [1.165, 1.54) is 0 Å². The highest BCUT2D eigenvalue weighted by Gasteiger charge is 1.99. The van der Waals surface area contributed by atoms with Gasteiger partial charge in [0.1, 0.15) is 5.65 Å². The Balaban J connectivity index is 1.97. The highest BCUT2D eigenvalue weighted by atomic mass is 16.2. The van der Waals surface area contributed by atoms with Gasteiger partial charge >= 0.3 is 0 Å². The molecule has 0 saturated heterocycles. The number of nitrogens with zero attached hydrogens (tertiary/aromatic N) is 2. The molecule has 0 aliphatic carbocycles. The van der Waals surface area contributed by atoms with E-state index in [-0.39, 0.29) is 0 Å². The van der Waals surface area contributed by atoms with Crippen LogP contribution in [0.15, 0.2) is 30.6 Å². The first kappa shape index (κ1) is 10.2. The van der Waals surface area contributed by atoms with E-state index in [9.17, 15) is 0 Å². The summed E-state index contributed by atoms with van der Waals surface area (Å²) in [5.74, 6) is 0. The van der Waals surface area contributed by atoms with Crippen molar-refractivity contribution in [2.45, 2.75) is 25.7 Å². The van der Waals surface area contributed by atoms with E-state index in [0.29, 0.717) is 6.61 Å². The van der Waals surface area contributed by atoms with Crippen molar-refractivity contribution in [3.63, 3.8) is 0 Å². The van der Waals surface area contributed by atoms with Gasteiger partial charge in [0.2, 0.25) is 0 Å². The Bertz CT molecular complexity index is 389. The van der Waals surface area contributed by atoms with Crippen LogP contribution in [0.1, 0.15) is 25.0 Å². The summed E-state index contributed by atoms with van der Waals surface area (Å²) in [5.41, 5.74) is 2.15. The number of aliphatic hydroxyl groups is 1. The van der Waals surface area contributed by atoms with E-state index >= 15 is 0 Å². The predicted octanol–water partition coefficient (Wildman–Crippen LogP) is 2.04. The third kappa shape index (κ3) is 2.57. The predicted molar refractivity (Wildman–Crippen MR) is 59.8 cm³/mol. The Morgan fingerprint density at radius 3 is 2.93 bits per heavy atom. The summed E-state index contributed by atoms with van der Waals surface area (Å²) in [6.45, 7) is 0.297. The van der Waals surface area contributed by atoms with Crippen molar-refractivity contribution < 1.29 is 5.11 Å². The quantitative estimate of drug-likeness (QED) is 0.757. The topological polar surface area (TPSA) is 37.5 Å². The van der Waals surface area contributed by atoms with Crippen molar-refractivity contribution in [2.24, 2.45) is 0 Å². The normalized spacial score (nSPS) is 11.0. The van der Waals surface area contributed by atoms with Crippen molar-refractivity contribution in [1.82, 2.24) is 9.38 Å². The smallest absolute Gasteiger partial charge is 0.136 e. The molecule has 0 spiro atoms. The monoisotopic (exact) mass is 204 g/mol. The number of pyridine rings is 1. The van der Waals surface area contributed by atoms with Crippen molar-refractivity contribution >= 4 is 5.65 Å². The van der Waals surface area contributed by atoms with Gasteiger partial charge in [0, 0.05) is 19.0 Å². The molecule has 0 atom stereocenters. The third-order valence-electron chi connectivity index (χ3n) is 2.50. The molecule has 0 amide bonds. The molecule has 2 aromatic rings. The summed E-state index contributed by atoms with van der Waals surface area (Å²) in [6, 6.07) is 6.01. The van der Waals surface area contributed by atoms with Crippen LogP contribution in [0, 0.1) is 0 Å². The summed E-state index contributed by atoms with van der Waals surface area (Å²) >= 11 is 0. The first-order chi connectivity index (χ1) is 7.40. The standard InChI is InChI=1S/C12H16N2O/c15-9-5-1-2-6-11-10-14-8-4-3-7-12(14)13-11/h3-4,7-8,10,15H,1-2,5-6,9H2. The van der Waals surface area contributed by atoms with Gasteiger partial charge in [-0.2, -0.15) is 0 Å². The summed E-state index contributed by atoms with van der Waals surface area (Å²) in [4.78, 5) is 4.51. The first-order valence-corrected chi connectivity index (χ1v) is 5.43. The second kappa shape index (κ2) is 4.94. The number of rotatable bonds is 5. The third-order valence-corrected chi connectivity index (χ3v) is 2.50. The van der Waals surface area contributed by atoms with Gasteiger partial charge in [0.05, 0.1) is 5.69 Å². The molecule has 0 fully saturated rings. The lowest BCUT2D eigenvalue weighted by Gasteiger charge is -1.95. The molecule has 2 heterocycles. The average molecular weight is 204 g/mol. The molecule has 2 aromatic heterocycles. The Kier molecular flexibility index (Phi) is 3.35. The maximum absolute atomic E-state index is 8.66. The molecule has 15 heavy (non-hydrogen) atoms. The van der Waals surface area contributed by atoms with E-state index in [0.717, 1.165) is 37.0 Å². The summed E-state index contributed by atoms with van der Waals surface area (Å²) in [5, 5.41) is 8.66. The number of aromatic nitrogens is 2. The fourth-order valence-electron chi connectivity index (χ4n) is 1.70. The molecule has 1 N–H and O–H groups in total. The molecule has 80 valence electrons. The van der Waals surface area contributed by atoms with Crippen LogP contribution in [0.3, 0.4) is 0 Å². The SMILES string of the molecule is OCCCCCc1cn2ccccc2n1. The molecule has 0 aromatic carbocycles. The van der Waals surface area contributed by atoms with Crippen LogP contribution in [0.2, 0.25) is 0 Å². The average Bonchev–Trinajstić information content (AvgIpc) is 2.67. The van der Waals surface area contributed by atoms with Crippen molar-refractivity contribution in [3.05, 3.63) is 36.3 Å². The minimum atomic E-state index is 0.297. The summed E-state index contributed by atoms with van der Waals surface area (Å²) < 4.78 is 2.04. The van der Waals surface area contributed by atoms with Crippen LogP contribution >= 0.6 is 0 Å². The zero-order chi connectivity index (χ0) is 10.5. The second-order valence-electron chi connectivity index (χ2n) is 3.73. The Morgan fingerprint density at radius 2 is 2.13 bits per heavy atom. The molecule has 3 nitrogen and oxygen atoms in total. The van der Waals surface area contributed by atoms with Crippen molar-refractivity contribution in [2.75, 3.05) is 6.61 Å². The molecule has 0 saturated carbocycles. The van der Waals surface area contributed by atoms with Gasteiger partial charge in [-0.1, -0.05) is 12.5 Å². The lowest BCUT2D eigenvalue weighted by Crippen LogP contribution is -1.87. The molecule has 2 rings (SSSR count). The number of unbranched alkanes of at least 4 members (excludes halogenated alkanes) is 2. The van der Waals surface area contributed by atoms with Gasteiger partial charge in [-0.25, -0.2) is 4.98 Å². The van der Waals surface area contributed by atoms with Gasteiger partial charge in [-0.15, -0.1) is 0 Å². The van der Waals surface area contributed by atoms with Crippen molar-refractivity contribution in [1.29, 1.82) is 0 Å². The number of aryl methyl sites for hydroxylation is 1. The number of hydrogen-bond donors (Lipinski definition) is 1. The fourth-order valence-corrected chi connectivity index (χ4v) is 1.70. The summed E-state index contributed by atoms with van der Waals surface area (Å²) in [7, 11) is 0. The van der Waals surface area contributed by atoms with Crippen LogP contribution < -0.4 is 0 Å². The van der Waals surface area contributed by atoms with Crippen LogP contribution in [0.25, 0.3) is 5.65 Å². The van der Waals surface area contributed by atoms with E-state index in [4.69, 9.17) is 5.11 Å². The number of hydrogen-bond acceptors (Lipinski definition) is 2. The van der Waals surface area contributed by atoms with Gasteiger partial charge in [-0.05, 0) is 31.4 Å². The van der Waals surface area contributed by atoms with E-state index in [1.807, 2.05) is 28.8 Å². The van der Waals surface area contributed by atoms with Gasteiger partial charge in [0.25, 0.3) is 0 Å². The highest BCUT2D eigenvalue weighted by molar-refractivity contribution is 5.39. The van der Waals surface area contributed by atoms with E-state index in [1.54, 1.807) is 0 Å². The molecule has 0 aliphatic heterocycles. The molecule has 0 aliphatic rings. The molecule has 3 heteroatoms. The minimum absolute atomic E-state index is 0.297. The molecule has 0 radical (unpaired) electrons. The van der Waals surface area contributed by atoms with E-state index in [2.05, 4.69) is 11.2 Å². The largest absolute Gasteiger partial charge is 0.396 e. The van der Waals surface area contributed by atoms with Crippen LogP contribution in [0.4, 0.5) is 0 Å². The maximum Gasteiger partial charge on any atom is 0.136 e. The molecule has 0 bridgehead atoms. The van der Waals surface area contributed by atoms with Crippen LogP contribution in [0.5, 0.6) is 0 Å². The van der Waals surface area contributed by atoms with Gasteiger partial charge in [-0.3, -0.25) is 0 Å². The van der Waals surface area contributed by atoms with Crippen molar-refractivity contribution in [3.8, 4) is 0 Å². The lowest BCUT2D eigenvalue weighted by molar-refractivity contribution is 0.283. The number of fused-ring (bicyclic) bond motifs is 1.